The Bertz CT molecular complexity index is 1120. The van der Waals surface area contributed by atoms with Crippen LogP contribution in [-0.4, -0.2) is 36.7 Å². The summed E-state index contributed by atoms with van der Waals surface area (Å²) in [5, 5.41) is 14.3. The summed E-state index contributed by atoms with van der Waals surface area (Å²) in [6.45, 7) is -0.397. The summed E-state index contributed by atoms with van der Waals surface area (Å²) >= 11 is 7.29. The lowest BCUT2D eigenvalue weighted by molar-refractivity contribution is -0.139. The zero-order chi connectivity index (χ0) is 24.0. The van der Waals surface area contributed by atoms with Gasteiger partial charge in [-0.2, -0.15) is 0 Å². The molecule has 7 nitrogen and oxygen atoms in total. The van der Waals surface area contributed by atoms with Crippen LogP contribution < -0.4 is 21.1 Å². The molecule has 1 amide bonds. The number of carboxylic acid groups (broad SMARTS) is 1. The van der Waals surface area contributed by atoms with Gasteiger partial charge in [0.25, 0.3) is 0 Å². The number of hydrogen-bond donors (Lipinski definition) is 4. The molecule has 0 spiro atoms. The number of halogens is 2. The highest BCUT2D eigenvalue weighted by molar-refractivity contribution is 7.15. The second kappa shape index (κ2) is 11.2. The van der Waals surface area contributed by atoms with E-state index in [1.807, 2.05) is 24.3 Å². The van der Waals surface area contributed by atoms with Gasteiger partial charge in [0.15, 0.2) is 6.61 Å². The van der Waals surface area contributed by atoms with Crippen molar-refractivity contribution >= 4 is 40.5 Å². The van der Waals surface area contributed by atoms with E-state index in [4.69, 9.17) is 27.2 Å². The van der Waals surface area contributed by atoms with Crippen molar-refractivity contribution in [1.82, 2.24) is 5.32 Å². The summed E-state index contributed by atoms with van der Waals surface area (Å²) < 4.78 is 18.5. The van der Waals surface area contributed by atoms with Crippen molar-refractivity contribution in [1.29, 1.82) is 0 Å². The van der Waals surface area contributed by atoms with Crippen molar-refractivity contribution in [2.24, 2.45) is 5.73 Å². The van der Waals surface area contributed by atoms with E-state index < -0.39 is 24.4 Å². The number of likely N-dealkylation sites (N-methyl/N-ethyl adjacent to an activating group) is 1. The average molecular weight is 492 g/mol. The first-order valence-corrected chi connectivity index (χ1v) is 11.2. The van der Waals surface area contributed by atoms with Crippen LogP contribution in [0.3, 0.4) is 0 Å². The third-order valence-electron chi connectivity index (χ3n) is 4.84. The van der Waals surface area contributed by atoms with Crippen LogP contribution in [0.1, 0.15) is 17.3 Å². The first-order valence-electron chi connectivity index (χ1n) is 10.0. The molecule has 1 aromatic heterocycles. The van der Waals surface area contributed by atoms with E-state index in [2.05, 4.69) is 10.6 Å². The smallest absolute Gasteiger partial charge is 0.341 e. The lowest BCUT2D eigenvalue weighted by Crippen LogP contribution is -2.40. The van der Waals surface area contributed by atoms with Gasteiger partial charge in [-0.05, 0) is 73.6 Å². The molecule has 33 heavy (non-hydrogen) atoms. The number of rotatable bonds is 10. The van der Waals surface area contributed by atoms with Crippen molar-refractivity contribution in [3.05, 3.63) is 70.3 Å². The largest absolute Gasteiger partial charge is 0.482 e. The van der Waals surface area contributed by atoms with Crippen molar-refractivity contribution in [2.45, 2.75) is 18.5 Å². The zero-order valence-electron chi connectivity index (χ0n) is 17.7. The summed E-state index contributed by atoms with van der Waals surface area (Å²) in [6, 6.07) is 14.0. The van der Waals surface area contributed by atoms with Gasteiger partial charge in [0.2, 0.25) is 5.91 Å². The third-order valence-corrected chi connectivity index (χ3v) is 6.39. The molecule has 174 valence electrons. The minimum atomic E-state index is -1.04. The summed E-state index contributed by atoms with van der Waals surface area (Å²) in [4.78, 5) is 25.1. The second-order valence-electron chi connectivity index (χ2n) is 7.21. The molecule has 0 aliphatic heterocycles. The van der Waals surface area contributed by atoms with E-state index in [0.717, 1.165) is 15.3 Å². The second-order valence-corrected chi connectivity index (χ2v) is 8.73. The molecule has 10 heteroatoms. The highest BCUT2D eigenvalue weighted by atomic mass is 35.5. The van der Waals surface area contributed by atoms with Crippen LogP contribution in [0.15, 0.2) is 54.6 Å². The van der Waals surface area contributed by atoms with Crippen LogP contribution >= 0.6 is 22.9 Å². The molecule has 5 N–H and O–H groups in total. The third kappa shape index (κ3) is 6.75. The van der Waals surface area contributed by atoms with Crippen LogP contribution in [-0.2, 0) is 9.59 Å². The molecule has 1 heterocycles. The van der Waals surface area contributed by atoms with Crippen LogP contribution in [0.4, 0.5) is 10.1 Å². The number of amides is 1. The molecule has 0 bridgehead atoms. The Hall–Kier alpha value is -2.98. The summed E-state index contributed by atoms with van der Waals surface area (Å²) in [5.74, 6) is -1.42. The van der Waals surface area contributed by atoms with Crippen LogP contribution in [0.5, 0.6) is 5.75 Å². The van der Waals surface area contributed by atoms with Gasteiger partial charge in [-0.1, -0.05) is 11.6 Å². The van der Waals surface area contributed by atoms with Crippen molar-refractivity contribution in [3.63, 3.8) is 0 Å². The fraction of sp³-hybridized carbons (Fsp3) is 0.217. The fourth-order valence-electron chi connectivity index (χ4n) is 3.10. The zero-order valence-corrected chi connectivity index (χ0v) is 19.3. The molecule has 0 saturated carbocycles. The molecule has 2 aromatic carbocycles. The van der Waals surface area contributed by atoms with Crippen molar-refractivity contribution in [3.8, 4) is 16.2 Å². The summed E-state index contributed by atoms with van der Waals surface area (Å²) in [5.41, 5.74) is 7.71. The molecule has 3 aromatic rings. The van der Waals surface area contributed by atoms with Crippen molar-refractivity contribution < 1.29 is 23.8 Å². The van der Waals surface area contributed by atoms with E-state index in [1.165, 1.54) is 29.5 Å². The molecule has 3 rings (SSSR count). The van der Waals surface area contributed by atoms with E-state index in [-0.39, 0.29) is 17.0 Å². The van der Waals surface area contributed by atoms with Gasteiger partial charge in [0.05, 0.1) is 11.1 Å². The van der Waals surface area contributed by atoms with E-state index in [1.54, 1.807) is 19.2 Å². The first-order chi connectivity index (χ1) is 15.8. The lowest BCUT2D eigenvalue weighted by atomic mass is 10.1. The van der Waals surface area contributed by atoms with E-state index >= 15 is 0 Å². The maximum absolute atomic E-state index is 13.3. The van der Waals surface area contributed by atoms with Gasteiger partial charge >= 0.3 is 5.97 Å². The topological polar surface area (TPSA) is 114 Å². The maximum atomic E-state index is 13.3. The van der Waals surface area contributed by atoms with Gasteiger partial charge < -0.3 is 26.2 Å². The SMILES string of the molecule is CNC(CC(N)c1ccc(-c2ccc(OCC(=O)O)cc2)s1)C(=O)Nc1ccc(F)c(Cl)c1. The summed E-state index contributed by atoms with van der Waals surface area (Å²) in [6.07, 6.45) is 0.346. The van der Waals surface area contributed by atoms with Gasteiger partial charge in [-0.15, -0.1) is 11.3 Å². The first kappa shape index (κ1) is 24.7. The number of carbonyl (C=O) groups is 2. The normalized spacial score (nSPS) is 12.7. The lowest BCUT2D eigenvalue weighted by Gasteiger charge is -2.19. The predicted molar refractivity (Wildman–Crippen MR) is 127 cm³/mol. The molecule has 2 unspecified atom stereocenters. The summed E-state index contributed by atoms with van der Waals surface area (Å²) in [7, 11) is 1.67. The minimum Gasteiger partial charge on any atom is -0.482 e. The number of carboxylic acids is 1. The quantitative estimate of drug-likeness (QED) is 0.336. The fourth-order valence-corrected chi connectivity index (χ4v) is 4.31. The van der Waals surface area contributed by atoms with E-state index in [9.17, 15) is 14.0 Å². The number of benzene rings is 2. The van der Waals surface area contributed by atoms with Crippen molar-refractivity contribution in [2.75, 3.05) is 19.0 Å². The molecule has 0 aliphatic carbocycles. The number of thiophene rings is 1. The van der Waals surface area contributed by atoms with Crippen LogP contribution in [0.2, 0.25) is 5.02 Å². The number of hydrogen-bond acceptors (Lipinski definition) is 6. The number of nitrogens with two attached hydrogens (primary N) is 1. The maximum Gasteiger partial charge on any atom is 0.341 e. The Morgan fingerprint density at radius 1 is 1.18 bits per heavy atom. The van der Waals surface area contributed by atoms with E-state index in [0.29, 0.717) is 17.9 Å². The average Bonchev–Trinajstić information content (AvgIpc) is 3.29. The molecular weight excluding hydrogens is 469 g/mol. The van der Waals surface area contributed by atoms with Gasteiger partial charge in [-0.25, -0.2) is 9.18 Å². The van der Waals surface area contributed by atoms with Gasteiger partial charge in [-0.3, -0.25) is 4.79 Å². The highest BCUT2D eigenvalue weighted by Gasteiger charge is 2.22. The minimum absolute atomic E-state index is 0.0712. The Labute approximate surface area is 199 Å². The standard InChI is InChI=1S/C23H23ClFN3O4S/c1-27-19(23(31)28-14-4-7-17(25)16(24)10-14)11-18(26)21-9-8-20(33-21)13-2-5-15(6-3-13)32-12-22(29)30/h2-10,18-19,27H,11-12,26H2,1H3,(H,28,31)(H,29,30). The Kier molecular flexibility index (Phi) is 8.40. The molecule has 0 saturated heterocycles. The number of carbonyl (C=O) groups excluding carboxylic acids is 1. The molecular formula is C23H23ClFN3O4S. The van der Waals surface area contributed by atoms with Crippen LogP contribution in [0.25, 0.3) is 10.4 Å². The van der Waals surface area contributed by atoms with Crippen LogP contribution in [0, 0.1) is 5.82 Å². The predicted octanol–water partition coefficient (Wildman–Crippen LogP) is 4.29. The number of nitrogens with one attached hydrogen (secondary N) is 2. The monoisotopic (exact) mass is 491 g/mol. The highest BCUT2D eigenvalue weighted by Crippen LogP contribution is 2.33. The van der Waals surface area contributed by atoms with Gasteiger partial charge in [0, 0.05) is 21.5 Å². The molecule has 0 radical (unpaired) electrons. The number of anilines is 1. The van der Waals surface area contributed by atoms with Gasteiger partial charge in [0.1, 0.15) is 11.6 Å². The molecule has 0 fully saturated rings. The number of aliphatic carboxylic acids is 1. The Balaban J connectivity index is 1.62. The Morgan fingerprint density at radius 2 is 1.91 bits per heavy atom. The number of ether oxygens (including phenoxy) is 1. The molecule has 2 atom stereocenters. The molecule has 0 aliphatic rings. The Morgan fingerprint density at radius 3 is 2.55 bits per heavy atom.